The fourth-order valence-corrected chi connectivity index (χ4v) is 2.54. The van der Waals surface area contributed by atoms with Gasteiger partial charge >= 0.3 is 0 Å². The molecular weight excluding hydrogens is 292 g/mol. The van der Waals surface area contributed by atoms with Crippen molar-refractivity contribution < 1.29 is 14.3 Å². The van der Waals surface area contributed by atoms with Crippen molar-refractivity contribution in [2.45, 2.75) is 25.2 Å². The van der Waals surface area contributed by atoms with Crippen LogP contribution >= 0.6 is 0 Å². The zero-order chi connectivity index (χ0) is 16.2. The van der Waals surface area contributed by atoms with Crippen molar-refractivity contribution in [3.8, 4) is 11.5 Å². The van der Waals surface area contributed by atoms with Gasteiger partial charge in [0.2, 0.25) is 6.10 Å². The summed E-state index contributed by atoms with van der Waals surface area (Å²) in [6.45, 7) is 2.16. The average molecular weight is 312 g/mol. The lowest BCUT2D eigenvalue weighted by molar-refractivity contribution is -0.133. The second kappa shape index (κ2) is 6.71. The third-order valence-corrected chi connectivity index (χ3v) is 3.82. The summed E-state index contributed by atoms with van der Waals surface area (Å²) in [5.74, 6) is 1.02. The Bertz CT molecular complexity index is 675. The molecule has 1 aliphatic heterocycles. The van der Waals surface area contributed by atoms with E-state index in [1.807, 2.05) is 55.5 Å². The van der Waals surface area contributed by atoms with Crippen LogP contribution in [0.1, 0.15) is 18.5 Å². The molecule has 0 radical (unpaired) electrons. The van der Waals surface area contributed by atoms with Crippen LogP contribution < -0.4 is 20.5 Å². The molecule has 1 amide bonds. The molecule has 3 unspecified atom stereocenters. The number of benzene rings is 2. The smallest absolute Gasteiger partial charge is 0.265 e. The van der Waals surface area contributed by atoms with Crippen molar-refractivity contribution in [1.29, 1.82) is 0 Å². The number of para-hydroxylation sites is 2. The first-order valence-corrected chi connectivity index (χ1v) is 7.65. The van der Waals surface area contributed by atoms with Gasteiger partial charge in [0.25, 0.3) is 5.91 Å². The summed E-state index contributed by atoms with van der Waals surface area (Å²) < 4.78 is 11.5. The number of amides is 1. The van der Waals surface area contributed by atoms with E-state index < -0.39 is 6.10 Å². The van der Waals surface area contributed by atoms with Gasteiger partial charge in [-0.2, -0.15) is 0 Å². The van der Waals surface area contributed by atoms with Crippen molar-refractivity contribution in [3.63, 3.8) is 0 Å². The number of nitrogens with one attached hydrogen (secondary N) is 1. The van der Waals surface area contributed by atoms with Gasteiger partial charge in [0.15, 0.2) is 11.5 Å². The first-order valence-electron chi connectivity index (χ1n) is 7.65. The summed E-state index contributed by atoms with van der Waals surface area (Å²) >= 11 is 0. The third-order valence-electron chi connectivity index (χ3n) is 3.82. The third kappa shape index (κ3) is 3.46. The molecule has 23 heavy (non-hydrogen) atoms. The van der Waals surface area contributed by atoms with Crippen molar-refractivity contribution in [2.24, 2.45) is 5.73 Å². The number of nitrogens with two attached hydrogens (primary N) is 1. The predicted octanol–water partition coefficient (Wildman–Crippen LogP) is 2.03. The molecule has 120 valence electrons. The van der Waals surface area contributed by atoms with Crippen LogP contribution in [0, 0.1) is 0 Å². The lowest BCUT2D eigenvalue weighted by Crippen LogP contribution is -2.50. The van der Waals surface area contributed by atoms with Crippen molar-refractivity contribution in [2.75, 3.05) is 6.54 Å². The topological polar surface area (TPSA) is 73.6 Å². The van der Waals surface area contributed by atoms with Gasteiger partial charge in [0.05, 0.1) is 0 Å². The van der Waals surface area contributed by atoms with E-state index in [2.05, 4.69) is 5.32 Å². The van der Waals surface area contributed by atoms with Gasteiger partial charge < -0.3 is 20.5 Å². The largest absolute Gasteiger partial charge is 0.482 e. The molecule has 0 fully saturated rings. The number of hydrogen-bond donors (Lipinski definition) is 2. The molecule has 3 atom stereocenters. The normalized spacial score (nSPS) is 20.6. The number of hydrogen-bond acceptors (Lipinski definition) is 4. The maximum Gasteiger partial charge on any atom is 0.265 e. The van der Waals surface area contributed by atoms with Gasteiger partial charge in [-0.15, -0.1) is 0 Å². The van der Waals surface area contributed by atoms with E-state index in [-0.39, 0.29) is 18.1 Å². The Kier molecular flexibility index (Phi) is 4.48. The van der Waals surface area contributed by atoms with Gasteiger partial charge in [0, 0.05) is 12.6 Å². The second-order valence-corrected chi connectivity index (χ2v) is 5.57. The van der Waals surface area contributed by atoms with Crippen molar-refractivity contribution >= 4 is 5.91 Å². The quantitative estimate of drug-likeness (QED) is 0.906. The molecule has 0 saturated heterocycles. The molecule has 0 bridgehead atoms. The Balaban J connectivity index is 1.60. The fourth-order valence-electron chi connectivity index (χ4n) is 2.54. The Labute approximate surface area is 135 Å². The van der Waals surface area contributed by atoms with Gasteiger partial charge in [-0.05, 0) is 24.6 Å². The molecule has 0 spiro atoms. The minimum Gasteiger partial charge on any atom is -0.482 e. The summed E-state index contributed by atoms with van der Waals surface area (Å²) in [7, 11) is 0. The first kappa shape index (κ1) is 15.4. The van der Waals surface area contributed by atoms with E-state index >= 15 is 0 Å². The molecule has 0 aliphatic carbocycles. The van der Waals surface area contributed by atoms with E-state index in [1.54, 1.807) is 6.07 Å². The van der Waals surface area contributed by atoms with Crippen molar-refractivity contribution in [1.82, 2.24) is 5.32 Å². The van der Waals surface area contributed by atoms with Gasteiger partial charge in [-0.25, -0.2) is 0 Å². The molecule has 0 aromatic heterocycles. The van der Waals surface area contributed by atoms with E-state index in [0.29, 0.717) is 18.0 Å². The standard InChI is InChI=1S/C18H20N2O3/c1-12-17(23-16-10-6-5-9-15(16)22-12)18(21)20-11-14(19)13-7-3-2-4-8-13/h2-10,12,14,17H,11,19H2,1H3,(H,20,21). The van der Waals surface area contributed by atoms with E-state index in [1.165, 1.54) is 0 Å². The van der Waals surface area contributed by atoms with E-state index in [0.717, 1.165) is 5.56 Å². The highest BCUT2D eigenvalue weighted by molar-refractivity contribution is 5.82. The summed E-state index contributed by atoms with van der Waals surface area (Å²) in [6, 6.07) is 16.7. The summed E-state index contributed by atoms with van der Waals surface area (Å²) in [5.41, 5.74) is 7.08. The van der Waals surface area contributed by atoms with Crippen LogP contribution in [0.25, 0.3) is 0 Å². The zero-order valence-corrected chi connectivity index (χ0v) is 12.9. The fraction of sp³-hybridized carbons (Fsp3) is 0.278. The predicted molar refractivity (Wildman–Crippen MR) is 87.3 cm³/mol. The molecule has 5 nitrogen and oxygen atoms in total. The van der Waals surface area contributed by atoms with Crippen LogP contribution in [0.5, 0.6) is 11.5 Å². The molecule has 5 heteroatoms. The maximum absolute atomic E-state index is 12.4. The number of carbonyl (C=O) groups is 1. The van der Waals surface area contributed by atoms with Gasteiger partial charge in [-0.3, -0.25) is 4.79 Å². The second-order valence-electron chi connectivity index (χ2n) is 5.57. The van der Waals surface area contributed by atoms with Crippen LogP contribution in [0.2, 0.25) is 0 Å². The molecule has 3 N–H and O–H groups in total. The minimum atomic E-state index is -0.687. The van der Waals surface area contributed by atoms with E-state index in [9.17, 15) is 4.79 Å². The first-order chi connectivity index (χ1) is 11.1. The zero-order valence-electron chi connectivity index (χ0n) is 12.9. The monoisotopic (exact) mass is 312 g/mol. The van der Waals surface area contributed by atoms with Crippen LogP contribution in [-0.2, 0) is 4.79 Å². The van der Waals surface area contributed by atoms with Gasteiger partial charge in [-0.1, -0.05) is 42.5 Å². The Hall–Kier alpha value is -2.53. The summed E-state index contributed by atoms with van der Waals surface area (Å²) in [5, 5.41) is 2.84. The molecule has 2 aromatic rings. The van der Waals surface area contributed by atoms with Crippen LogP contribution in [0.3, 0.4) is 0 Å². The number of carbonyl (C=O) groups excluding carboxylic acids is 1. The highest BCUT2D eigenvalue weighted by Gasteiger charge is 2.33. The molecule has 1 heterocycles. The SMILES string of the molecule is CC1Oc2ccccc2OC1C(=O)NCC(N)c1ccccc1. The molecule has 3 rings (SSSR count). The van der Waals surface area contributed by atoms with E-state index in [4.69, 9.17) is 15.2 Å². The number of ether oxygens (including phenoxy) is 2. The van der Waals surface area contributed by atoms with Gasteiger partial charge in [0.1, 0.15) is 6.10 Å². The highest BCUT2D eigenvalue weighted by atomic mass is 16.6. The number of rotatable bonds is 4. The van der Waals surface area contributed by atoms with Crippen LogP contribution in [0.15, 0.2) is 54.6 Å². The maximum atomic E-state index is 12.4. The molecule has 0 saturated carbocycles. The van der Waals surface area contributed by atoms with Crippen LogP contribution in [-0.4, -0.2) is 24.7 Å². The number of fused-ring (bicyclic) bond motifs is 1. The highest BCUT2D eigenvalue weighted by Crippen LogP contribution is 2.33. The summed E-state index contributed by atoms with van der Waals surface area (Å²) in [4.78, 5) is 12.4. The molecular formula is C18H20N2O3. The Morgan fingerprint density at radius 3 is 2.39 bits per heavy atom. The Morgan fingerprint density at radius 2 is 1.70 bits per heavy atom. The lowest BCUT2D eigenvalue weighted by atomic mass is 10.1. The minimum absolute atomic E-state index is 0.224. The van der Waals surface area contributed by atoms with Crippen molar-refractivity contribution in [3.05, 3.63) is 60.2 Å². The molecule has 1 aliphatic rings. The molecule has 2 aromatic carbocycles. The lowest BCUT2D eigenvalue weighted by Gasteiger charge is -2.31. The average Bonchev–Trinajstić information content (AvgIpc) is 2.59. The van der Waals surface area contributed by atoms with Crippen LogP contribution in [0.4, 0.5) is 0 Å². The Morgan fingerprint density at radius 1 is 1.09 bits per heavy atom. The summed E-state index contributed by atoms with van der Waals surface area (Å²) in [6.07, 6.45) is -1.05.